The van der Waals surface area contributed by atoms with Crippen LogP contribution in [0.4, 0.5) is 4.79 Å². The van der Waals surface area contributed by atoms with Crippen LogP contribution in [0.3, 0.4) is 0 Å². The van der Waals surface area contributed by atoms with Crippen LogP contribution in [-0.2, 0) is 40.3 Å². The van der Waals surface area contributed by atoms with Gasteiger partial charge in [-0.15, -0.1) is 0 Å². The predicted molar refractivity (Wildman–Crippen MR) is 181 cm³/mol. The number of esters is 1. The second-order valence-corrected chi connectivity index (χ2v) is 16.0. The van der Waals surface area contributed by atoms with Gasteiger partial charge in [0.05, 0.1) is 42.9 Å². The topological polar surface area (TPSA) is 159 Å². The molecular formula is C35H57N3O9S. The number of carbonyl (C=O) groups excluding carboxylic acids is 4. The first-order valence-corrected chi connectivity index (χ1v) is 19.0. The van der Waals surface area contributed by atoms with Crippen LogP contribution in [0.25, 0.3) is 0 Å². The van der Waals surface area contributed by atoms with Crippen LogP contribution >= 0.6 is 0 Å². The number of nitrogens with zero attached hydrogens (tertiary/aromatic N) is 2. The van der Waals surface area contributed by atoms with Gasteiger partial charge in [-0.05, 0) is 45.1 Å². The first kappa shape index (κ1) is 41.0. The summed E-state index contributed by atoms with van der Waals surface area (Å²) in [7, 11) is -4.05. The Labute approximate surface area is 287 Å². The van der Waals surface area contributed by atoms with Crippen LogP contribution in [0.5, 0.6) is 0 Å². The molecule has 48 heavy (non-hydrogen) atoms. The summed E-state index contributed by atoms with van der Waals surface area (Å²) < 4.78 is 34.9. The summed E-state index contributed by atoms with van der Waals surface area (Å²) in [6.45, 7) is 16.3. The highest BCUT2D eigenvalue weighted by molar-refractivity contribution is 7.93. The number of benzene rings is 1. The molecule has 0 unspecified atom stereocenters. The van der Waals surface area contributed by atoms with Crippen LogP contribution < -0.4 is 10.4 Å². The maximum Gasteiger partial charge on any atom is 0.407 e. The van der Waals surface area contributed by atoms with Crippen molar-refractivity contribution in [2.75, 3.05) is 39.3 Å². The Morgan fingerprint density at radius 2 is 1.38 bits per heavy atom. The summed E-state index contributed by atoms with van der Waals surface area (Å²) in [4.78, 5) is 48.0. The van der Waals surface area contributed by atoms with Gasteiger partial charge in [-0.2, -0.15) is 0 Å². The van der Waals surface area contributed by atoms with E-state index in [2.05, 4.69) is 33.0 Å². The van der Waals surface area contributed by atoms with E-state index in [-0.39, 0.29) is 6.61 Å². The van der Waals surface area contributed by atoms with Crippen molar-refractivity contribution >= 4 is 33.8 Å². The molecule has 0 spiro atoms. The van der Waals surface area contributed by atoms with E-state index in [1.54, 1.807) is 24.3 Å². The minimum Gasteiger partial charge on any atom is -0.548 e. The molecular weight excluding hydrogens is 638 g/mol. The molecule has 0 aliphatic carbocycles. The average molecular weight is 696 g/mol. The Kier molecular flexibility index (Phi) is 16.3. The van der Waals surface area contributed by atoms with Crippen molar-refractivity contribution < 1.29 is 46.7 Å². The number of fused-ring (bicyclic) bond motifs is 1. The Morgan fingerprint density at radius 1 is 0.875 bits per heavy atom. The second-order valence-electron chi connectivity index (χ2n) is 13.4. The fraction of sp³-hybridized carbons (Fsp3) is 0.714. The molecule has 1 N–H and O–H groups in total. The number of hydrogen-bond donors (Lipinski definition) is 1. The normalized spacial score (nSPS) is 20.5. The number of β-lactam (4-membered cyclic amide) rings is 1. The highest BCUT2D eigenvalue weighted by Gasteiger charge is 2.70. The molecule has 1 aromatic rings. The summed E-state index contributed by atoms with van der Waals surface area (Å²) >= 11 is 0. The Morgan fingerprint density at radius 3 is 1.83 bits per heavy atom. The molecule has 2 aliphatic rings. The zero-order valence-electron chi connectivity index (χ0n) is 29.7. The summed E-state index contributed by atoms with van der Waals surface area (Å²) in [5.74, 6) is -4.55. The van der Waals surface area contributed by atoms with E-state index < -0.39 is 69.0 Å². The SMILES string of the molecule is CC1(C)[C@H](C(=O)[O-])N2C(=O)[C@H](COC(=O)CNC(=O)OCc3ccccc3)[C@H]2S1(=O)=O.CCCC[N+](CCCC)(CCCC)CCCC. The number of aliphatic carboxylic acids is 1. The number of hydrogen-bond acceptors (Lipinski definition) is 9. The lowest BCUT2D eigenvalue weighted by Crippen LogP contribution is -2.66. The monoisotopic (exact) mass is 695 g/mol. The molecule has 2 heterocycles. The number of ether oxygens (including phenoxy) is 2. The lowest BCUT2D eigenvalue weighted by Gasteiger charge is -2.43. The van der Waals surface area contributed by atoms with Crippen LogP contribution in [0.15, 0.2) is 30.3 Å². The molecule has 3 rings (SSSR count). The van der Waals surface area contributed by atoms with E-state index in [1.165, 1.54) is 95.9 Å². The van der Waals surface area contributed by atoms with Crippen LogP contribution in [-0.4, -0.2) is 97.2 Å². The van der Waals surface area contributed by atoms with Gasteiger partial charge in [-0.1, -0.05) is 83.7 Å². The Hall–Kier alpha value is -3.19. The minimum absolute atomic E-state index is 0.00303. The third-order valence-electron chi connectivity index (χ3n) is 9.36. The number of amides is 2. The highest BCUT2D eigenvalue weighted by Crippen LogP contribution is 2.48. The van der Waals surface area contributed by atoms with Gasteiger partial charge in [-0.3, -0.25) is 9.59 Å². The summed E-state index contributed by atoms with van der Waals surface area (Å²) in [5, 5.41) is 12.2. The van der Waals surface area contributed by atoms with Crippen molar-refractivity contribution in [1.29, 1.82) is 0 Å². The molecule has 12 nitrogen and oxygen atoms in total. The summed E-state index contributed by atoms with van der Waals surface area (Å²) in [6.07, 6.45) is 10.2. The quantitative estimate of drug-likeness (QED) is 0.130. The first-order chi connectivity index (χ1) is 22.7. The number of carboxylic acid groups (broad SMARTS) is 1. The van der Waals surface area contributed by atoms with Gasteiger partial charge in [0.25, 0.3) is 0 Å². The largest absolute Gasteiger partial charge is 0.548 e. The molecule has 0 bridgehead atoms. The van der Waals surface area contributed by atoms with Gasteiger partial charge in [0.1, 0.15) is 31.1 Å². The average Bonchev–Trinajstić information content (AvgIpc) is 3.21. The second kappa shape index (κ2) is 19.1. The zero-order valence-corrected chi connectivity index (χ0v) is 30.5. The predicted octanol–water partition coefficient (Wildman–Crippen LogP) is 3.57. The van der Waals surface area contributed by atoms with E-state index in [9.17, 15) is 32.7 Å². The number of carbonyl (C=O) groups is 4. The maximum absolute atomic E-state index is 12.7. The number of nitrogens with one attached hydrogen (secondary N) is 1. The Bertz CT molecular complexity index is 1270. The number of sulfone groups is 1. The molecule has 0 saturated carbocycles. The van der Waals surface area contributed by atoms with Gasteiger partial charge in [0.15, 0.2) is 9.84 Å². The van der Waals surface area contributed by atoms with Gasteiger partial charge in [0.2, 0.25) is 5.91 Å². The van der Waals surface area contributed by atoms with Crippen molar-refractivity contribution in [3.05, 3.63) is 35.9 Å². The van der Waals surface area contributed by atoms with Gasteiger partial charge < -0.3 is 34.1 Å². The van der Waals surface area contributed by atoms with Crippen LogP contribution in [0.1, 0.15) is 98.5 Å². The lowest BCUT2D eigenvalue weighted by molar-refractivity contribution is -0.929. The maximum atomic E-state index is 12.7. The van der Waals surface area contributed by atoms with Gasteiger partial charge >= 0.3 is 12.1 Å². The molecule has 0 radical (unpaired) electrons. The van der Waals surface area contributed by atoms with E-state index in [1.807, 2.05) is 6.07 Å². The zero-order chi connectivity index (χ0) is 36.0. The lowest BCUT2D eigenvalue weighted by atomic mass is 9.92. The third kappa shape index (κ3) is 10.4. The van der Waals surface area contributed by atoms with Crippen molar-refractivity contribution in [3.8, 4) is 0 Å². The van der Waals surface area contributed by atoms with Crippen molar-refractivity contribution in [2.45, 2.75) is 116 Å². The van der Waals surface area contributed by atoms with Crippen LogP contribution in [0, 0.1) is 5.92 Å². The van der Waals surface area contributed by atoms with Gasteiger partial charge in [0, 0.05) is 0 Å². The molecule has 2 saturated heterocycles. The smallest absolute Gasteiger partial charge is 0.407 e. The number of rotatable bonds is 19. The molecule has 1 aromatic carbocycles. The number of quaternary nitrogens is 1. The minimum atomic E-state index is -4.05. The first-order valence-electron chi connectivity index (χ1n) is 17.4. The molecule has 272 valence electrons. The van der Waals surface area contributed by atoms with Crippen LogP contribution in [0.2, 0.25) is 0 Å². The molecule has 2 fully saturated rings. The van der Waals surface area contributed by atoms with E-state index in [0.717, 1.165) is 10.5 Å². The number of carboxylic acids is 1. The fourth-order valence-electron chi connectivity index (χ4n) is 6.34. The highest BCUT2D eigenvalue weighted by atomic mass is 32.2. The standard InChI is InChI=1S/C19H22N2O9S.C16H36N/c1-19(2)14(17(24)25)21-15(23)12(16(21)31(19,27)28)10-29-13(22)8-20-18(26)30-9-11-6-4-3-5-7-11;1-5-9-13-17(14-10-6-2,15-11-7-3)16-12-8-4/h3-7,12,14,16H,8-10H2,1-2H3,(H,20,26)(H,24,25);5-16H2,1-4H3/q;+1/p-1/t12-,14-,16+;/m0./s1. The molecule has 2 amide bonds. The fourth-order valence-corrected chi connectivity index (χ4v) is 8.64. The number of alkyl carbamates (subject to hydrolysis) is 1. The summed E-state index contributed by atoms with van der Waals surface area (Å²) in [6, 6.07) is 7.24. The summed E-state index contributed by atoms with van der Waals surface area (Å²) in [5.41, 5.74) is 0.754. The van der Waals surface area contributed by atoms with E-state index >= 15 is 0 Å². The molecule has 2 aliphatic heterocycles. The third-order valence-corrected chi connectivity index (χ3v) is 12.2. The molecule has 13 heteroatoms. The van der Waals surface area contributed by atoms with Crippen molar-refractivity contribution in [2.24, 2.45) is 5.92 Å². The van der Waals surface area contributed by atoms with E-state index in [4.69, 9.17) is 9.47 Å². The van der Waals surface area contributed by atoms with E-state index in [0.29, 0.717) is 0 Å². The van der Waals surface area contributed by atoms with Gasteiger partial charge in [-0.25, -0.2) is 13.2 Å². The molecule has 3 atom stereocenters. The molecule has 0 aromatic heterocycles. The van der Waals surface area contributed by atoms with Crippen molar-refractivity contribution in [1.82, 2.24) is 10.2 Å². The van der Waals surface area contributed by atoms with Crippen molar-refractivity contribution in [3.63, 3.8) is 0 Å². The Balaban J connectivity index is 0.000000401. The number of unbranched alkanes of at least 4 members (excludes halogenated alkanes) is 4.